The average molecular weight is 318 g/mol. The van der Waals surface area contributed by atoms with E-state index in [1.54, 1.807) is 12.4 Å². The average Bonchev–Trinajstić information content (AvgIpc) is 3.13. The van der Waals surface area contributed by atoms with E-state index in [0.717, 1.165) is 38.3 Å². The zero-order chi connectivity index (χ0) is 16.2. The van der Waals surface area contributed by atoms with Gasteiger partial charge in [-0.1, -0.05) is 13.8 Å². The number of aromatic nitrogens is 1. The van der Waals surface area contributed by atoms with Gasteiger partial charge < -0.3 is 14.4 Å². The largest absolute Gasteiger partial charge is 0.377 e. The van der Waals surface area contributed by atoms with Crippen molar-refractivity contribution in [2.75, 3.05) is 26.3 Å². The number of ether oxygens (including phenoxy) is 2. The van der Waals surface area contributed by atoms with Crippen molar-refractivity contribution in [2.45, 2.75) is 33.0 Å². The van der Waals surface area contributed by atoms with Crippen LogP contribution in [0.3, 0.4) is 0 Å². The Bertz CT molecular complexity index is 520. The summed E-state index contributed by atoms with van der Waals surface area (Å²) in [6.45, 7) is 7.69. The predicted molar refractivity (Wildman–Crippen MR) is 86.6 cm³/mol. The summed E-state index contributed by atoms with van der Waals surface area (Å²) in [5, 5.41) is 0. The van der Waals surface area contributed by atoms with Gasteiger partial charge in [-0.25, -0.2) is 0 Å². The lowest BCUT2D eigenvalue weighted by molar-refractivity contribution is -0.134. The van der Waals surface area contributed by atoms with Crippen molar-refractivity contribution in [1.82, 2.24) is 9.88 Å². The minimum atomic E-state index is 0.0657. The van der Waals surface area contributed by atoms with E-state index in [4.69, 9.17) is 9.47 Å². The van der Waals surface area contributed by atoms with Gasteiger partial charge in [-0.3, -0.25) is 9.78 Å². The highest BCUT2D eigenvalue weighted by molar-refractivity contribution is 5.78. The van der Waals surface area contributed by atoms with Gasteiger partial charge >= 0.3 is 0 Å². The Morgan fingerprint density at radius 2 is 2.17 bits per heavy atom. The fourth-order valence-corrected chi connectivity index (χ4v) is 3.55. The molecule has 2 fully saturated rings. The number of nitrogens with zero attached hydrogens (tertiary/aromatic N) is 2. The van der Waals surface area contributed by atoms with E-state index in [9.17, 15) is 4.79 Å². The Morgan fingerprint density at radius 1 is 1.39 bits per heavy atom. The third-order valence-corrected chi connectivity index (χ3v) is 4.90. The normalized spacial score (nSPS) is 26.7. The van der Waals surface area contributed by atoms with Gasteiger partial charge in [0.25, 0.3) is 0 Å². The van der Waals surface area contributed by atoms with Crippen LogP contribution in [0.4, 0.5) is 0 Å². The second-order valence-corrected chi connectivity index (χ2v) is 6.89. The molecule has 3 rings (SSSR count). The molecular weight excluding hydrogens is 292 g/mol. The summed E-state index contributed by atoms with van der Waals surface area (Å²) in [5.74, 6) is 1.29. The minimum absolute atomic E-state index is 0.0657. The molecule has 1 aromatic heterocycles. The summed E-state index contributed by atoms with van der Waals surface area (Å²) in [5.41, 5.74) is 1.15. The molecule has 0 aliphatic carbocycles. The van der Waals surface area contributed by atoms with E-state index in [1.165, 1.54) is 0 Å². The summed E-state index contributed by atoms with van der Waals surface area (Å²) in [7, 11) is 0. The van der Waals surface area contributed by atoms with Crippen LogP contribution in [0, 0.1) is 17.8 Å². The van der Waals surface area contributed by atoms with Gasteiger partial charge in [0.05, 0.1) is 19.3 Å². The molecule has 5 heteroatoms. The van der Waals surface area contributed by atoms with Gasteiger partial charge in [0, 0.05) is 43.9 Å². The Kier molecular flexibility index (Phi) is 5.28. The van der Waals surface area contributed by atoms with Crippen LogP contribution in [0.15, 0.2) is 24.5 Å². The Morgan fingerprint density at radius 3 is 2.91 bits per heavy atom. The van der Waals surface area contributed by atoms with Crippen molar-refractivity contribution >= 4 is 5.91 Å². The Labute approximate surface area is 138 Å². The molecule has 0 unspecified atom stereocenters. The highest BCUT2D eigenvalue weighted by Crippen LogP contribution is 2.36. The number of amides is 1. The number of pyridine rings is 1. The molecular formula is C18H26N2O3. The second kappa shape index (κ2) is 7.41. The maximum Gasteiger partial charge on any atom is 0.225 e. The lowest BCUT2D eigenvalue weighted by Crippen LogP contribution is -2.34. The van der Waals surface area contributed by atoms with Crippen molar-refractivity contribution in [3.8, 4) is 0 Å². The van der Waals surface area contributed by atoms with Crippen LogP contribution in [0.2, 0.25) is 0 Å². The van der Waals surface area contributed by atoms with Gasteiger partial charge in [-0.05, 0) is 30.0 Å². The van der Waals surface area contributed by atoms with E-state index < -0.39 is 0 Å². The molecule has 3 heterocycles. The Balaban J connectivity index is 1.42. The molecule has 126 valence electrons. The summed E-state index contributed by atoms with van der Waals surface area (Å²) in [6, 6.07) is 3.95. The quantitative estimate of drug-likeness (QED) is 0.754. The van der Waals surface area contributed by atoms with E-state index in [-0.39, 0.29) is 17.9 Å². The minimum Gasteiger partial charge on any atom is -0.377 e. The third-order valence-electron chi connectivity index (χ3n) is 4.90. The SMILES string of the molecule is CC(C)C(=O)N1C[C@H]2[C@@H](CCOCc3ccncc3)CO[C@H]2C1. The fourth-order valence-electron chi connectivity index (χ4n) is 3.55. The van der Waals surface area contributed by atoms with Crippen LogP contribution in [0.25, 0.3) is 0 Å². The highest BCUT2D eigenvalue weighted by atomic mass is 16.5. The number of carbonyl (C=O) groups excluding carboxylic acids is 1. The summed E-state index contributed by atoms with van der Waals surface area (Å²) in [6.07, 6.45) is 4.79. The molecule has 2 aliphatic heterocycles. The van der Waals surface area contributed by atoms with Crippen LogP contribution >= 0.6 is 0 Å². The van der Waals surface area contributed by atoms with Crippen molar-refractivity contribution in [3.05, 3.63) is 30.1 Å². The molecule has 5 nitrogen and oxygen atoms in total. The molecule has 2 saturated heterocycles. The first-order chi connectivity index (χ1) is 11.1. The van der Waals surface area contributed by atoms with Gasteiger partial charge in [0.1, 0.15) is 0 Å². The zero-order valence-electron chi connectivity index (χ0n) is 14.0. The predicted octanol–water partition coefficient (Wildman–Crippen LogP) is 2.12. The molecule has 0 saturated carbocycles. The van der Waals surface area contributed by atoms with Crippen LogP contribution in [0.5, 0.6) is 0 Å². The molecule has 3 atom stereocenters. The molecule has 0 radical (unpaired) electrons. The first-order valence-corrected chi connectivity index (χ1v) is 8.52. The van der Waals surface area contributed by atoms with Crippen molar-refractivity contribution in [3.63, 3.8) is 0 Å². The molecule has 0 aromatic carbocycles. The molecule has 0 spiro atoms. The van der Waals surface area contributed by atoms with E-state index in [2.05, 4.69) is 4.98 Å². The standard InChI is InChI=1S/C18H26N2O3/c1-13(2)18(21)20-9-16-15(12-23-17(16)10-20)5-8-22-11-14-3-6-19-7-4-14/h3-4,6-7,13,15-17H,5,8-12H2,1-2H3/t15-,16-,17-/m0/s1. The number of likely N-dealkylation sites (tertiary alicyclic amines) is 1. The molecule has 1 aromatic rings. The monoisotopic (exact) mass is 318 g/mol. The van der Waals surface area contributed by atoms with E-state index in [1.807, 2.05) is 30.9 Å². The molecule has 0 bridgehead atoms. The van der Waals surface area contributed by atoms with Gasteiger partial charge in [0.15, 0.2) is 0 Å². The number of fused-ring (bicyclic) bond motifs is 1. The van der Waals surface area contributed by atoms with Crippen LogP contribution in [-0.2, 0) is 20.9 Å². The summed E-state index contributed by atoms with van der Waals surface area (Å²) < 4.78 is 11.7. The maximum absolute atomic E-state index is 12.1. The van der Waals surface area contributed by atoms with Crippen molar-refractivity contribution in [2.24, 2.45) is 17.8 Å². The third kappa shape index (κ3) is 3.90. The number of hydrogen-bond acceptors (Lipinski definition) is 4. The van der Waals surface area contributed by atoms with Crippen molar-refractivity contribution in [1.29, 1.82) is 0 Å². The molecule has 23 heavy (non-hydrogen) atoms. The van der Waals surface area contributed by atoms with Gasteiger partial charge in [-0.15, -0.1) is 0 Å². The lowest BCUT2D eigenvalue weighted by Gasteiger charge is -2.21. The maximum atomic E-state index is 12.1. The summed E-state index contributed by atoms with van der Waals surface area (Å²) >= 11 is 0. The highest BCUT2D eigenvalue weighted by Gasteiger charge is 2.45. The Hall–Kier alpha value is -1.46. The van der Waals surface area contributed by atoms with E-state index >= 15 is 0 Å². The molecule has 1 amide bonds. The number of hydrogen-bond donors (Lipinski definition) is 0. The molecule has 0 N–H and O–H groups in total. The first kappa shape index (κ1) is 16.4. The molecule has 2 aliphatic rings. The lowest BCUT2D eigenvalue weighted by atomic mass is 9.91. The van der Waals surface area contributed by atoms with Crippen LogP contribution < -0.4 is 0 Å². The van der Waals surface area contributed by atoms with Gasteiger partial charge in [-0.2, -0.15) is 0 Å². The van der Waals surface area contributed by atoms with Crippen LogP contribution in [-0.4, -0.2) is 48.2 Å². The summed E-state index contributed by atoms with van der Waals surface area (Å²) in [4.78, 5) is 18.1. The smallest absolute Gasteiger partial charge is 0.225 e. The van der Waals surface area contributed by atoms with Crippen molar-refractivity contribution < 1.29 is 14.3 Å². The number of rotatable bonds is 6. The van der Waals surface area contributed by atoms with Gasteiger partial charge in [0.2, 0.25) is 5.91 Å². The topological polar surface area (TPSA) is 51.7 Å². The zero-order valence-corrected chi connectivity index (χ0v) is 14.0. The van der Waals surface area contributed by atoms with Crippen LogP contribution in [0.1, 0.15) is 25.8 Å². The second-order valence-electron chi connectivity index (χ2n) is 6.89. The number of carbonyl (C=O) groups is 1. The fraction of sp³-hybridized carbons (Fsp3) is 0.667. The first-order valence-electron chi connectivity index (χ1n) is 8.52. The van der Waals surface area contributed by atoms with E-state index in [0.29, 0.717) is 18.4 Å².